The number of aromatic nitrogens is 2. The van der Waals surface area contributed by atoms with E-state index in [1.807, 2.05) is 26.0 Å². The monoisotopic (exact) mass is 300 g/mol. The lowest BCUT2D eigenvalue weighted by Crippen LogP contribution is -2.12. The van der Waals surface area contributed by atoms with Gasteiger partial charge in [0.2, 0.25) is 0 Å². The molecule has 2 heterocycles. The van der Waals surface area contributed by atoms with Crippen LogP contribution in [0.1, 0.15) is 18.1 Å². The van der Waals surface area contributed by atoms with Crippen molar-refractivity contribution in [2.45, 2.75) is 25.2 Å². The Kier molecular flexibility index (Phi) is 3.29. The highest BCUT2D eigenvalue weighted by Crippen LogP contribution is 2.24. The molecule has 4 nitrogen and oxygen atoms in total. The van der Waals surface area contributed by atoms with E-state index in [-0.39, 0.29) is 4.90 Å². The summed E-state index contributed by atoms with van der Waals surface area (Å²) in [6.45, 7) is 3.93. The highest BCUT2D eigenvalue weighted by atomic mass is 32.2. The van der Waals surface area contributed by atoms with Gasteiger partial charge >= 0.3 is 0 Å². The predicted octanol–water partition coefficient (Wildman–Crippen LogP) is 3.14. The van der Waals surface area contributed by atoms with Gasteiger partial charge in [-0.3, -0.25) is 0 Å². The van der Waals surface area contributed by atoms with Gasteiger partial charge < -0.3 is 0 Å². The lowest BCUT2D eigenvalue weighted by molar-refractivity contribution is 0.588. The van der Waals surface area contributed by atoms with Gasteiger partial charge in [-0.15, -0.1) is 0 Å². The van der Waals surface area contributed by atoms with E-state index in [2.05, 4.69) is 4.98 Å². The molecule has 0 unspecified atom stereocenters. The van der Waals surface area contributed by atoms with Crippen LogP contribution in [0, 0.1) is 6.92 Å². The van der Waals surface area contributed by atoms with Crippen LogP contribution in [0.3, 0.4) is 0 Å². The second-order valence-electron chi connectivity index (χ2n) is 5.00. The standard InChI is InChI=1S/C16H16N2O2S/c1-3-13-11-18(16-15(13)5-4-10-17-16)21(19,20)14-8-6-12(2)7-9-14/h4-11H,3H2,1-2H3. The zero-order valence-corrected chi connectivity index (χ0v) is 12.8. The zero-order chi connectivity index (χ0) is 15.0. The van der Waals surface area contributed by atoms with Crippen LogP contribution in [-0.4, -0.2) is 17.4 Å². The first-order valence-electron chi connectivity index (χ1n) is 6.81. The van der Waals surface area contributed by atoms with Gasteiger partial charge in [0.25, 0.3) is 10.0 Å². The highest BCUT2D eigenvalue weighted by molar-refractivity contribution is 7.90. The summed E-state index contributed by atoms with van der Waals surface area (Å²) in [6.07, 6.45) is 4.05. The molecule has 2 aromatic heterocycles. The Morgan fingerprint density at radius 2 is 1.86 bits per heavy atom. The van der Waals surface area contributed by atoms with Gasteiger partial charge in [-0.1, -0.05) is 24.6 Å². The van der Waals surface area contributed by atoms with Crippen molar-refractivity contribution in [2.24, 2.45) is 0 Å². The van der Waals surface area contributed by atoms with Crippen LogP contribution in [0.5, 0.6) is 0 Å². The Hall–Kier alpha value is -2.14. The summed E-state index contributed by atoms with van der Waals surface area (Å²) in [5.41, 5.74) is 2.49. The summed E-state index contributed by atoms with van der Waals surface area (Å²) in [7, 11) is -3.62. The fourth-order valence-corrected chi connectivity index (χ4v) is 3.73. The lowest BCUT2D eigenvalue weighted by Gasteiger charge is -2.07. The van der Waals surface area contributed by atoms with Crippen LogP contribution in [0.25, 0.3) is 11.0 Å². The van der Waals surface area contributed by atoms with E-state index >= 15 is 0 Å². The molecule has 0 atom stereocenters. The number of hydrogen-bond donors (Lipinski definition) is 0. The minimum absolute atomic E-state index is 0.276. The van der Waals surface area contributed by atoms with Crippen LogP contribution in [-0.2, 0) is 16.4 Å². The van der Waals surface area contributed by atoms with Crippen LogP contribution in [0.15, 0.2) is 53.7 Å². The molecule has 0 bridgehead atoms. The van der Waals surface area contributed by atoms with Crippen molar-refractivity contribution in [3.8, 4) is 0 Å². The number of fused-ring (bicyclic) bond motifs is 1. The maximum absolute atomic E-state index is 12.8. The summed E-state index contributed by atoms with van der Waals surface area (Å²) in [4.78, 5) is 4.52. The van der Waals surface area contributed by atoms with Gasteiger partial charge in [0.1, 0.15) is 0 Å². The summed E-state index contributed by atoms with van der Waals surface area (Å²) in [5, 5.41) is 0.885. The summed E-state index contributed by atoms with van der Waals surface area (Å²) < 4.78 is 26.9. The van der Waals surface area contributed by atoms with E-state index < -0.39 is 10.0 Å². The Balaban J connectivity index is 2.26. The largest absolute Gasteiger partial charge is 0.269 e. The molecule has 0 fully saturated rings. The molecule has 1 aromatic carbocycles. The topological polar surface area (TPSA) is 52.0 Å². The number of rotatable bonds is 3. The molecule has 0 saturated heterocycles. The molecule has 3 rings (SSSR count). The molecule has 0 spiro atoms. The van der Waals surface area contributed by atoms with Crippen LogP contribution in [0.4, 0.5) is 0 Å². The molecule has 0 aliphatic carbocycles. The molecular weight excluding hydrogens is 284 g/mol. The van der Waals surface area contributed by atoms with Crippen molar-refractivity contribution in [3.63, 3.8) is 0 Å². The maximum Gasteiger partial charge on any atom is 0.269 e. The van der Waals surface area contributed by atoms with E-state index in [1.165, 1.54) is 3.97 Å². The molecule has 21 heavy (non-hydrogen) atoms. The molecule has 108 valence electrons. The first kappa shape index (κ1) is 13.8. The van der Waals surface area contributed by atoms with Crippen molar-refractivity contribution in [1.29, 1.82) is 0 Å². The molecule has 0 saturated carbocycles. The van der Waals surface area contributed by atoms with E-state index in [9.17, 15) is 8.42 Å². The van der Waals surface area contributed by atoms with E-state index in [1.54, 1.807) is 36.7 Å². The number of pyridine rings is 1. The van der Waals surface area contributed by atoms with Crippen molar-refractivity contribution >= 4 is 21.1 Å². The van der Waals surface area contributed by atoms with Crippen molar-refractivity contribution in [1.82, 2.24) is 8.96 Å². The highest BCUT2D eigenvalue weighted by Gasteiger charge is 2.21. The number of benzene rings is 1. The average Bonchev–Trinajstić information content (AvgIpc) is 2.87. The Morgan fingerprint density at radius 1 is 1.14 bits per heavy atom. The Bertz CT molecular complexity index is 894. The minimum Gasteiger partial charge on any atom is -0.237 e. The van der Waals surface area contributed by atoms with E-state index in [0.717, 1.165) is 22.9 Å². The van der Waals surface area contributed by atoms with Crippen molar-refractivity contribution in [2.75, 3.05) is 0 Å². The van der Waals surface area contributed by atoms with Gasteiger partial charge in [-0.05, 0) is 43.2 Å². The Labute approximate surface area is 124 Å². The molecule has 0 amide bonds. The van der Waals surface area contributed by atoms with Gasteiger partial charge in [0.15, 0.2) is 5.65 Å². The second-order valence-corrected chi connectivity index (χ2v) is 6.81. The number of aryl methyl sites for hydroxylation is 2. The first-order chi connectivity index (χ1) is 10.0. The van der Waals surface area contributed by atoms with Crippen LogP contribution in [0.2, 0.25) is 0 Å². The molecule has 0 N–H and O–H groups in total. The molecule has 0 aliphatic rings. The fraction of sp³-hybridized carbons (Fsp3) is 0.188. The number of nitrogens with zero attached hydrogens (tertiary/aromatic N) is 2. The van der Waals surface area contributed by atoms with Gasteiger partial charge in [-0.25, -0.2) is 17.4 Å². The second kappa shape index (κ2) is 5.00. The Morgan fingerprint density at radius 3 is 2.52 bits per heavy atom. The van der Waals surface area contributed by atoms with Crippen molar-refractivity contribution < 1.29 is 8.42 Å². The summed E-state index contributed by atoms with van der Waals surface area (Å²) in [6, 6.07) is 10.6. The third-order valence-corrected chi connectivity index (χ3v) is 5.24. The SMILES string of the molecule is CCc1cn(S(=O)(=O)c2ccc(C)cc2)c2ncccc12. The molecular formula is C16H16N2O2S. The third-order valence-electron chi connectivity index (χ3n) is 3.57. The third kappa shape index (κ3) is 2.23. The van der Waals surface area contributed by atoms with E-state index in [4.69, 9.17) is 0 Å². The first-order valence-corrected chi connectivity index (χ1v) is 8.25. The predicted molar refractivity (Wildman–Crippen MR) is 82.9 cm³/mol. The minimum atomic E-state index is -3.62. The molecule has 5 heteroatoms. The quantitative estimate of drug-likeness (QED) is 0.746. The summed E-state index contributed by atoms with van der Waals surface area (Å²) >= 11 is 0. The maximum atomic E-state index is 12.8. The van der Waals surface area contributed by atoms with Gasteiger partial charge in [0, 0.05) is 17.8 Å². The molecule has 0 radical (unpaired) electrons. The zero-order valence-electron chi connectivity index (χ0n) is 11.9. The lowest BCUT2D eigenvalue weighted by atomic mass is 10.2. The van der Waals surface area contributed by atoms with Crippen LogP contribution >= 0.6 is 0 Å². The van der Waals surface area contributed by atoms with Crippen molar-refractivity contribution in [3.05, 3.63) is 59.9 Å². The van der Waals surface area contributed by atoms with Crippen LogP contribution < -0.4 is 0 Å². The van der Waals surface area contributed by atoms with E-state index in [0.29, 0.717) is 5.65 Å². The smallest absolute Gasteiger partial charge is 0.237 e. The van der Waals surface area contributed by atoms with Gasteiger partial charge in [0.05, 0.1) is 4.90 Å². The fourth-order valence-electron chi connectivity index (χ4n) is 2.38. The molecule has 3 aromatic rings. The number of hydrogen-bond acceptors (Lipinski definition) is 3. The summed E-state index contributed by atoms with van der Waals surface area (Å²) in [5.74, 6) is 0. The normalized spacial score (nSPS) is 11.9. The van der Waals surface area contributed by atoms with Gasteiger partial charge in [-0.2, -0.15) is 0 Å². The average molecular weight is 300 g/mol. The molecule has 0 aliphatic heterocycles.